The van der Waals surface area contributed by atoms with Crippen molar-refractivity contribution in [1.29, 1.82) is 0 Å². The zero-order chi connectivity index (χ0) is 16.2. The summed E-state index contributed by atoms with van der Waals surface area (Å²) < 4.78 is 17.8. The van der Waals surface area contributed by atoms with Crippen LogP contribution in [0, 0.1) is 0 Å². The Bertz CT molecular complexity index is 839. The summed E-state index contributed by atoms with van der Waals surface area (Å²) in [5.74, 6) is 0. The van der Waals surface area contributed by atoms with Crippen LogP contribution >= 0.6 is 0 Å². The molecule has 0 unspecified atom stereocenters. The normalized spacial score (nSPS) is 11.4. The second-order valence-electron chi connectivity index (χ2n) is 5.22. The Morgan fingerprint density at radius 2 is 2.00 bits per heavy atom. The number of hydrogen-bond acceptors (Lipinski definition) is 4. The van der Waals surface area contributed by atoms with Gasteiger partial charge < -0.3 is 18.8 Å². The van der Waals surface area contributed by atoms with Gasteiger partial charge in [-0.1, -0.05) is 24.8 Å². The molecule has 0 aliphatic heterocycles. The number of pyridine rings is 1. The highest BCUT2D eigenvalue weighted by molar-refractivity contribution is 6.10. The molecule has 5 nitrogen and oxygen atoms in total. The lowest BCUT2D eigenvalue weighted by Crippen LogP contribution is -2.03. The van der Waals surface area contributed by atoms with Crippen molar-refractivity contribution in [2.75, 3.05) is 21.0 Å². The van der Waals surface area contributed by atoms with E-state index in [1.54, 1.807) is 20.3 Å². The first-order valence-corrected chi connectivity index (χ1v) is 7.39. The third-order valence-corrected chi connectivity index (χ3v) is 3.73. The van der Waals surface area contributed by atoms with E-state index in [0.29, 0.717) is 13.3 Å². The highest BCUT2D eigenvalue weighted by atomic mass is 16.7. The van der Waals surface area contributed by atoms with Gasteiger partial charge in [0.25, 0.3) is 0 Å². The number of fused-ring (bicyclic) bond motifs is 3. The summed E-state index contributed by atoms with van der Waals surface area (Å²) in [5, 5.41) is 2.29. The van der Waals surface area contributed by atoms with E-state index in [1.165, 1.54) is 0 Å². The number of ether oxygens (including phenoxy) is 3. The van der Waals surface area contributed by atoms with E-state index in [1.807, 2.05) is 12.1 Å². The molecule has 0 amide bonds. The van der Waals surface area contributed by atoms with Crippen molar-refractivity contribution < 1.29 is 14.2 Å². The first-order valence-electron chi connectivity index (χ1n) is 7.39. The zero-order valence-electron chi connectivity index (χ0n) is 13.4. The molecule has 0 saturated heterocycles. The Morgan fingerprint density at radius 3 is 2.74 bits per heavy atom. The average Bonchev–Trinajstić information content (AvgIpc) is 2.89. The predicted molar refractivity (Wildman–Crippen MR) is 91.0 cm³/mol. The van der Waals surface area contributed by atoms with E-state index in [0.717, 1.165) is 33.2 Å². The number of nitrogens with zero attached hydrogens (tertiary/aromatic N) is 2. The summed E-state index contributed by atoms with van der Waals surface area (Å²) in [6.07, 6.45) is 1.77. The van der Waals surface area contributed by atoms with E-state index >= 15 is 0 Å². The second-order valence-corrected chi connectivity index (χ2v) is 5.22. The van der Waals surface area contributed by atoms with Crippen molar-refractivity contribution >= 4 is 27.9 Å². The third kappa shape index (κ3) is 2.86. The predicted octanol–water partition coefficient (Wildman–Crippen LogP) is 3.56. The van der Waals surface area contributed by atoms with Crippen LogP contribution in [0.1, 0.15) is 11.4 Å². The Morgan fingerprint density at radius 1 is 1.17 bits per heavy atom. The molecule has 3 aromatic rings. The summed E-state index contributed by atoms with van der Waals surface area (Å²) in [5.41, 5.74) is 3.82. The van der Waals surface area contributed by atoms with Crippen LogP contribution in [-0.2, 0) is 27.5 Å². The maximum atomic E-state index is 5.43. The fourth-order valence-corrected chi connectivity index (χ4v) is 2.87. The fourth-order valence-electron chi connectivity index (χ4n) is 2.87. The van der Waals surface area contributed by atoms with Crippen LogP contribution in [-0.4, -0.2) is 30.6 Å². The van der Waals surface area contributed by atoms with Gasteiger partial charge in [-0.2, -0.15) is 0 Å². The van der Waals surface area contributed by atoms with Crippen LogP contribution in [0.3, 0.4) is 0 Å². The van der Waals surface area contributed by atoms with Gasteiger partial charge in [0.1, 0.15) is 13.5 Å². The molecule has 0 atom stereocenters. The molecule has 2 aromatic heterocycles. The van der Waals surface area contributed by atoms with E-state index in [2.05, 4.69) is 34.3 Å². The van der Waals surface area contributed by atoms with Crippen LogP contribution in [0.4, 0.5) is 0 Å². The van der Waals surface area contributed by atoms with Crippen molar-refractivity contribution in [1.82, 2.24) is 9.55 Å². The van der Waals surface area contributed by atoms with Crippen molar-refractivity contribution in [3.8, 4) is 0 Å². The Labute approximate surface area is 135 Å². The topological polar surface area (TPSA) is 45.5 Å². The molecule has 0 aliphatic rings. The molecular weight excluding hydrogens is 292 g/mol. The minimum Gasteiger partial charge on any atom is -0.364 e. The van der Waals surface area contributed by atoms with E-state index in [9.17, 15) is 0 Å². The molecule has 0 aliphatic carbocycles. The van der Waals surface area contributed by atoms with Gasteiger partial charge in [-0.3, -0.25) is 0 Å². The number of benzene rings is 1. The molecular formula is C18H20N2O3. The van der Waals surface area contributed by atoms with Crippen LogP contribution in [0.5, 0.6) is 0 Å². The highest BCUT2D eigenvalue weighted by Crippen LogP contribution is 2.31. The lowest BCUT2D eigenvalue weighted by molar-refractivity contribution is -0.0400. The van der Waals surface area contributed by atoms with E-state index in [4.69, 9.17) is 14.2 Å². The van der Waals surface area contributed by atoms with Crippen molar-refractivity contribution in [3.63, 3.8) is 0 Å². The van der Waals surface area contributed by atoms with E-state index < -0.39 is 0 Å². The largest absolute Gasteiger partial charge is 0.364 e. The monoisotopic (exact) mass is 312 g/mol. The summed E-state index contributed by atoms with van der Waals surface area (Å²) in [7, 11) is 3.29. The van der Waals surface area contributed by atoms with Gasteiger partial charge in [0.2, 0.25) is 0 Å². The molecule has 0 saturated carbocycles. The maximum Gasteiger partial charge on any atom is 0.146 e. The number of para-hydroxylation sites is 1. The van der Waals surface area contributed by atoms with Crippen LogP contribution < -0.4 is 0 Å². The lowest BCUT2D eigenvalue weighted by atomic mass is 10.1. The van der Waals surface area contributed by atoms with Crippen LogP contribution in [0.2, 0.25) is 0 Å². The number of hydrogen-bond donors (Lipinski definition) is 0. The van der Waals surface area contributed by atoms with E-state index in [-0.39, 0.29) is 6.79 Å². The number of methoxy groups -OCH3 is 2. The first-order chi connectivity index (χ1) is 11.3. The molecule has 0 fully saturated rings. The molecule has 3 rings (SSSR count). The Kier molecular flexibility index (Phi) is 4.71. The molecule has 0 radical (unpaired) electrons. The van der Waals surface area contributed by atoms with Gasteiger partial charge in [-0.25, -0.2) is 4.98 Å². The smallest absolute Gasteiger partial charge is 0.146 e. The van der Waals surface area contributed by atoms with Crippen molar-refractivity contribution in [2.24, 2.45) is 0 Å². The molecule has 1 aromatic carbocycles. The molecule has 0 bridgehead atoms. The van der Waals surface area contributed by atoms with Gasteiger partial charge in [-0.05, 0) is 18.2 Å². The summed E-state index contributed by atoms with van der Waals surface area (Å²) in [4.78, 5) is 4.65. The zero-order valence-corrected chi connectivity index (χ0v) is 13.4. The maximum absolute atomic E-state index is 5.43. The fraction of sp³-hybridized carbons (Fsp3) is 0.278. The molecule has 2 heterocycles. The average molecular weight is 312 g/mol. The quantitative estimate of drug-likeness (QED) is 0.494. The summed E-state index contributed by atoms with van der Waals surface area (Å²) in [6.45, 7) is 5.01. The standard InChI is InChI=1S/C18H20N2O3/c1-4-16-18-15(9-13(19-16)10-23-12-22-3)14-7-5-6-8-17(14)20(18)11-21-2/h4-9H,1,10-12H2,2-3H3. The van der Waals surface area contributed by atoms with Gasteiger partial charge in [0.15, 0.2) is 0 Å². The van der Waals surface area contributed by atoms with Crippen molar-refractivity contribution in [2.45, 2.75) is 13.3 Å². The SMILES string of the molecule is C=Cc1nc(COCOC)cc2c3ccccc3n(COC)c12. The van der Waals surface area contributed by atoms with Gasteiger partial charge in [-0.15, -0.1) is 0 Å². The Balaban J connectivity index is 2.23. The number of aromatic nitrogens is 2. The molecule has 0 N–H and O–H groups in total. The molecule has 23 heavy (non-hydrogen) atoms. The van der Waals surface area contributed by atoms with Crippen LogP contribution in [0.25, 0.3) is 27.9 Å². The van der Waals surface area contributed by atoms with Gasteiger partial charge in [0, 0.05) is 25.0 Å². The van der Waals surface area contributed by atoms with Crippen LogP contribution in [0.15, 0.2) is 36.9 Å². The third-order valence-electron chi connectivity index (χ3n) is 3.73. The summed E-state index contributed by atoms with van der Waals surface area (Å²) in [6, 6.07) is 10.3. The van der Waals surface area contributed by atoms with Gasteiger partial charge >= 0.3 is 0 Å². The molecule has 5 heteroatoms. The molecule has 120 valence electrons. The minimum absolute atomic E-state index is 0.245. The highest BCUT2D eigenvalue weighted by Gasteiger charge is 2.15. The Hall–Kier alpha value is -2.21. The van der Waals surface area contributed by atoms with Crippen molar-refractivity contribution in [3.05, 3.63) is 48.3 Å². The second kappa shape index (κ2) is 6.91. The molecule has 0 spiro atoms. The first kappa shape index (κ1) is 15.7. The number of rotatable bonds is 7. The minimum atomic E-state index is 0.245. The lowest BCUT2D eigenvalue weighted by Gasteiger charge is -2.09. The summed E-state index contributed by atoms with van der Waals surface area (Å²) >= 11 is 0. The van der Waals surface area contributed by atoms with Gasteiger partial charge in [0.05, 0.1) is 29.0 Å².